The Balaban J connectivity index is 2.37. The number of hydrogen-bond donors (Lipinski definition) is 1. The summed E-state index contributed by atoms with van der Waals surface area (Å²) in [4.78, 5) is 12.6. The second-order valence-electron chi connectivity index (χ2n) is 5.89. The Hall–Kier alpha value is -2.52. The number of benzene rings is 2. The molecule has 0 radical (unpaired) electrons. The highest BCUT2D eigenvalue weighted by molar-refractivity contribution is 7.92. The average Bonchev–Trinajstić information content (AvgIpc) is 2.63. The van der Waals surface area contributed by atoms with Crippen molar-refractivity contribution >= 4 is 38.9 Å². The van der Waals surface area contributed by atoms with E-state index in [4.69, 9.17) is 21.1 Å². The maximum absolute atomic E-state index is 13.3. The van der Waals surface area contributed by atoms with Crippen molar-refractivity contribution in [2.75, 3.05) is 30.1 Å². The van der Waals surface area contributed by atoms with Crippen molar-refractivity contribution in [1.82, 2.24) is 0 Å². The van der Waals surface area contributed by atoms with E-state index in [1.54, 1.807) is 0 Å². The minimum atomic E-state index is -3.82. The van der Waals surface area contributed by atoms with Gasteiger partial charge in [0.05, 0.1) is 31.2 Å². The summed E-state index contributed by atoms with van der Waals surface area (Å²) in [6.45, 7) is 1.43. The minimum absolute atomic E-state index is 0.162. The Kier molecular flexibility index (Phi) is 6.73. The number of amides is 1. The Morgan fingerprint density at radius 1 is 1.14 bits per heavy atom. The number of anilines is 2. The molecule has 1 N–H and O–H groups in total. The lowest BCUT2D eigenvalue weighted by molar-refractivity contribution is -0.116. The molecule has 1 atom stereocenters. The van der Waals surface area contributed by atoms with Crippen LogP contribution in [0, 0.1) is 5.82 Å². The van der Waals surface area contributed by atoms with Gasteiger partial charge in [0, 0.05) is 11.8 Å². The van der Waals surface area contributed by atoms with Crippen LogP contribution < -0.4 is 19.1 Å². The van der Waals surface area contributed by atoms with Gasteiger partial charge in [-0.1, -0.05) is 11.6 Å². The molecule has 0 aliphatic rings. The van der Waals surface area contributed by atoms with Crippen LogP contribution in [0.1, 0.15) is 6.92 Å². The van der Waals surface area contributed by atoms with E-state index >= 15 is 0 Å². The zero-order chi connectivity index (χ0) is 21.1. The third-order valence-corrected chi connectivity index (χ3v) is 5.43. The molecule has 1 amide bonds. The normalized spacial score (nSPS) is 12.2. The van der Waals surface area contributed by atoms with Gasteiger partial charge in [-0.25, -0.2) is 12.8 Å². The number of carbonyl (C=O) groups is 1. The number of carbonyl (C=O) groups excluding carboxylic acids is 1. The number of nitrogens with zero attached hydrogens (tertiary/aromatic N) is 1. The van der Waals surface area contributed by atoms with Crippen LogP contribution in [0.3, 0.4) is 0 Å². The van der Waals surface area contributed by atoms with E-state index in [1.165, 1.54) is 51.5 Å². The van der Waals surface area contributed by atoms with Gasteiger partial charge >= 0.3 is 0 Å². The molecule has 0 aliphatic heterocycles. The summed E-state index contributed by atoms with van der Waals surface area (Å²) in [5.41, 5.74) is 0.462. The fourth-order valence-electron chi connectivity index (χ4n) is 2.59. The second-order valence-corrected chi connectivity index (χ2v) is 8.16. The van der Waals surface area contributed by atoms with Crippen molar-refractivity contribution in [1.29, 1.82) is 0 Å². The molecule has 0 aromatic heterocycles. The van der Waals surface area contributed by atoms with Crippen LogP contribution in [0.4, 0.5) is 15.8 Å². The molecule has 152 valence electrons. The van der Waals surface area contributed by atoms with E-state index in [1.807, 2.05) is 0 Å². The summed E-state index contributed by atoms with van der Waals surface area (Å²) in [5.74, 6) is -0.525. The fourth-order valence-corrected chi connectivity index (χ4v) is 3.94. The van der Waals surface area contributed by atoms with Crippen molar-refractivity contribution in [2.24, 2.45) is 0 Å². The van der Waals surface area contributed by atoms with E-state index < -0.39 is 27.8 Å². The van der Waals surface area contributed by atoms with Crippen molar-refractivity contribution < 1.29 is 27.1 Å². The van der Waals surface area contributed by atoms with Gasteiger partial charge in [0.2, 0.25) is 15.9 Å². The van der Waals surface area contributed by atoms with Gasteiger partial charge in [-0.3, -0.25) is 9.10 Å². The van der Waals surface area contributed by atoms with Crippen molar-refractivity contribution in [3.05, 3.63) is 47.2 Å². The van der Waals surface area contributed by atoms with Gasteiger partial charge in [-0.15, -0.1) is 0 Å². The van der Waals surface area contributed by atoms with Crippen LogP contribution in [-0.4, -0.2) is 40.8 Å². The number of methoxy groups -OCH3 is 2. The van der Waals surface area contributed by atoms with E-state index in [9.17, 15) is 17.6 Å². The number of halogens is 2. The third kappa shape index (κ3) is 4.85. The van der Waals surface area contributed by atoms with Crippen molar-refractivity contribution in [3.63, 3.8) is 0 Å². The first-order valence-corrected chi connectivity index (χ1v) is 10.3. The molecule has 10 heteroatoms. The predicted molar refractivity (Wildman–Crippen MR) is 106 cm³/mol. The summed E-state index contributed by atoms with van der Waals surface area (Å²) in [6, 6.07) is 7.05. The first-order chi connectivity index (χ1) is 13.1. The summed E-state index contributed by atoms with van der Waals surface area (Å²) in [5, 5.41) is 2.37. The van der Waals surface area contributed by atoms with Crippen molar-refractivity contribution in [2.45, 2.75) is 13.0 Å². The summed E-state index contributed by atoms with van der Waals surface area (Å²) in [6.07, 6.45) is 0.988. The molecule has 2 aromatic carbocycles. The molecule has 0 saturated heterocycles. The van der Waals surface area contributed by atoms with E-state index in [-0.39, 0.29) is 16.4 Å². The lowest BCUT2D eigenvalue weighted by Crippen LogP contribution is -2.45. The fraction of sp³-hybridized carbons (Fsp3) is 0.278. The van der Waals surface area contributed by atoms with E-state index in [2.05, 4.69) is 5.32 Å². The number of sulfonamides is 1. The maximum Gasteiger partial charge on any atom is 0.247 e. The molecule has 0 heterocycles. The van der Waals surface area contributed by atoms with Gasteiger partial charge in [-0.2, -0.15) is 0 Å². The van der Waals surface area contributed by atoms with Gasteiger partial charge in [0.1, 0.15) is 11.9 Å². The van der Waals surface area contributed by atoms with Gasteiger partial charge in [0.25, 0.3) is 0 Å². The summed E-state index contributed by atoms with van der Waals surface area (Å²) in [7, 11) is -0.952. The Bertz CT molecular complexity index is 984. The molecule has 0 saturated carbocycles. The van der Waals surface area contributed by atoms with Crippen LogP contribution >= 0.6 is 11.6 Å². The highest BCUT2D eigenvalue weighted by atomic mass is 35.5. The van der Waals surface area contributed by atoms with Gasteiger partial charge in [0.15, 0.2) is 11.5 Å². The SMILES string of the molecule is COc1ccc(N([C@@H](C)C(=O)Nc2ccc(F)c(Cl)c2)S(C)(=O)=O)cc1OC. The average molecular weight is 431 g/mol. The molecule has 2 rings (SSSR count). The first kappa shape index (κ1) is 21.8. The number of nitrogens with one attached hydrogen (secondary N) is 1. The molecule has 2 aromatic rings. The maximum atomic E-state index is 13.3. The molecule has 0 bridgehead atoms. The quantitative estimate of drug-likeness (QED) is 0.728. The molecule has 7 nitrogen and oxygen atoms in total. The molecule has 0 spiro atoms. The molecular weight excluding hydrogens is 411 g/mol. The van der Waals surface area contributed by atoms with Crippen LogP contribution in [0.15, 0.2) is 36.4 Å². The highest BCUT2D eigenvalue weighted by Gasteiger charge is 2.30. The first-order valence-electron chi connectivity index (χ1n) is 8.05. The smallest absolute Gasteiger partial charge is 0.247 e. The summed E-state index contributed by atoms with van der Waals surface area (Å²) >= 11 is 5.71. The van der Waals surface area contributed by atoms with Crippen molar-refractivity contribution in [3.8, 4) is 11.5 Å². The number of hydrogen-bond acceptors (Lipinski definition) is 5. The minimum Gasteiger partial charge on any atom is -0.493 e. The zero-order valence-corrected chi connectivity index (χ0v) is 17.3. The second kappa shape index (κ2) is 8.66. The predicted octanol–water partition coefficient (Wildman–Crippen LogP) is 3.29. The van der Waals surface area contributed by atoms with E-state index in [0.29, 0.717) is 11.5 Å². The molecule has 0 fully saturated rings. The largest absolute Gasteiger partial charge is 0.493 e. The third-order valence-electron chi connectivity index (χ3n) is 3.90. The molecular formula is C18H20ClFN2O5S. The lowest BCUT2D eigenvalue weighted by Gasteiger charge is -2.28. The molecule has 0 aliphatic carbocycles. The van der Waals surface area contributed by atoms with Crippen LogP contribution in [-0.2, 0) is 14.8 Å². The number of ether oxygens (including phenoxy) is 2. The lowest BCUT2D eigenvalue weighted by atomic mass is 10.2. The standard InChI is InChI=1S/C18H20ClFN2O5S/c1-11(18(23)21-12-5-7-15(20)14(19)9-12)22(28(4,24)25)13-6-8-16(26-2)17(10-13)27-3/h5-11H,1-4H3,(H,21,23)/t11-/m0/s1. The highest BCUT2D eigenvalue weighted by Crippen LogP contribution is 2.33. The zero-order valence-electron chi connectivity index (χ0n) is 15.7. The van der Waals surface area contributed by atoms with Crippen LogP contribution in [0.5, 0.6) is 11.5 Å². The molecule has 0 unspecified atom stereocenters. The Labute approximate surface area is 168 Å². The van der Waals surface area contributed by atoms with Gasteiger partial charge < -0.3 is 14.8 Å². The van der Waals surface area contributed by atoms with E-state index in [0.717, 1.165) is 16.6 Å². The summed E-state index contributed by atoms with van der Waals surface area (Å²) < 4.78 is 49.4. The monoisotopic (exact) mass is 430 g/mol. The molecule has 28 heavy (non-hydrogen) atoms. The van der Waals surface area contributed by atoms with Crippen LogP contribution in [0.25, 0.3) is 0 Å². The number of rotatable bonds is 7. The van der Waals surface area contributed by atoms with Crippen LogP contribution in [0.2, 0.25) is 5.02 Å². The Morgan fingerprint density at radius 3 is 2.32 bits per heavy atom. The Morgan fingerprint density at radius 2 is 1.79 bits per heavy atom. The van der Waals surface area contributed by atoms with Gasteiger partial charge in [-0.05, 0) is 37.3 Å². The topological polar surface area (TPSA) is 84.9 Å².